The number of hydrogen-bond donors (Lipinski definition) is 1. The molecule has 0 amide bonds. The third-order valence-electron chi connectivity index (χ3n) is 5.09. The maximum absolute atomic E-state index is 5.92. The Balaban J connectivity index is 1.80. The first-order valence-electron chi connectivity index (χ1n) is 9.33. The van der Waals surface area contributed by atoms with Crippen LogP contribution in [-0.2, 0) is 11.3 Å². The molecule has 1 aromatic heterocycles. The standard InChI is InChI=1S/C20H35NO2/c1-16(2)7-8-17(18-10-13-23-20(3,4)14-18)9-11-21-15-19-6-5-12-22-19/h5-6,12,16-18,21H,7-11,13-15H2,1-4H3/t17-,18-/m0/s1. The summed E-state index contributed by atoms with van der Waals surface area (Å²) in [6.07, 6.45) is 8.11. The predicted molar refractivity (Wildman–Crippen MR) is 95.3 cm³/mol. The smallest absolute Gasteiger partial charge is 0.117 e. The van der Waals surface area contributed by atoms with Crippen LogP contribution in [0.15, 0.2) is 22.8 Å². The zero-order valence-corrected chi connectivity index (χ0v) is 15.4. The molecule has 1 fully saturated rings. The minimum atomic E-state index is 0.0561. The summed E-state index contributed by atoms with van der Waals surface area (Å²) in [5, 5.41) is 3.54. The van der Waals surface area contributed by atoms with Crippen LogP contribution in [0.1, 0.15) is 65.6 Å². The molecule has 1 aliphatic rings. The highest BCUT2D eigenvalue weighted by Gasteiger charge is 2.33. The third kappa shape index (κ3) is 6.68. The zero-order chi connectivity index (χ0) is 16.7. The second-order valence-electron chi connectivity index (χ2n) is 8.14. The highest BCUT2D eigenvalue weighted by atomic mass is 16.5. The van der Waals surface area contributed by atoms with Crippen LogP contribution in [0, 0.1) is 17.8 Å². The van der Waals surface area contributed by atoms with E-state index < -0.39 is 0 Å². The van der Waals surface area contributed by atoms with E-state index in [0.29, 0.717) is 0 Å². The molecule has 1 N–H and O–H groups in total. The van der Waals surface area contributed by atoms with Gasteiger partial charge in [-0.2, -0.15) is 0 Å². The van der Waals surface area contributed by atoms with E-state index in [1.807, 2.05) is 12.1 Å². The van der Waals surface area contributed by atoms with Crippen LogP contribution in [0.25, 0.3) is 0 Å². The lowest BCUT2D eigenvalue weighted by Crippen LogP contribution is -2.37. The molecule has 0 radical (unpaired) electrons. The van der Waals surface area contributed by atoms with E-state index in [0.717, 1.165) is 43.2 Å². The molecule has 2 rings (SSSR count). The molecule has 23 heavy (non-hydrogen) atoms. The van der Waals surface area contributed by atoms with Gasteiger partial charge in [0, 0.05) is 6.61 Å². The molecule has 0 aliphatic carbocycles. The van der Waals surface area contributed by atoms with Crippen molar-refractivity contribution in [2.24, 2.45) is 17.8 Å². The second kappa shape index (κ2) is 8.89. The SMILES string of the molecule is CC(C)CC[C@@H](CCNCc1ccco1)[C@H]1CCOC(C)(C)C1. The van der Waals surface area contributed by atoms with E-state index in [9.17, 15) is 0 Å². The van der Waals surface area contributed by atoms with Crippen LogP contribution in [-0.4, -0.2) is 18.8 Å². The lowest BCUT2D eigenvalue weighted by atomic mass is 9.75. The molecule has 3 heteroatoms. The summed E-state index contributed by atoms with van der Waals surface area (Å²) in [6.45, 7) is 12.0. The van der Waals surface area contributed by atoms with E-state index >= 15 is 0 Å². The Bertz CT molecular complexity index is 425. The lowest BCUT2D eigenvalue weighted by molar-refractivity contribution is -0.0839. The molecule has 1 aromatic rings. The minimum absolute atomic E-state index is 0.0561. The molecule has 0 bridgehead atoms. The minimum Gasteiger partial charge on any atom is -0.468 e. The molecule has 0 saturated carbocycles. The molecular formula is C20H35NO2. The Kier molecular flexibility index (Phi) is 7.16. The third-order valence-corrected chi connectivity index (χ3v) is 5.09. The second-order valence-corrected chi connectivity index (χ2v) is 8.14. The molecule has 3 nitrogen and oxygen atoms in total. The molecular weight excluding hydrogens is 286 g/mol. The first-order valence-corrected chi connectivity index (χ1v) is 9.33. The summed E-state index contributed by atoms with van der Waals surface area (Å²) in [7, 11) is 0. The van der Waals surface area contributed by atoms with E-state index in [-0.39, 0.29) is 5.60 Å². The number of ether oxygens (including phenoxy) is 1. The summed E-state index contributed by atoms with van der Waals surface area (Å²) >= 11 is 0. The Hall–Kier alpha value is -0.800. The number of nitrogens with one attached hydrogen (secondary N) is 1. The van der Waals surface area contributed by atoms with Crippen molar-refractivity contribution in [1.82, 2.24) is 5.32 Å². The lowest BCUT2D eigenvalue weighted by Gasteiger charge is -2.39. The van der Waals surface area contributed by atoms with Crippen LogP contribution < -0.4 is 5.32 Å². The van der Waals surface area contributed by atoms with Gasteiger partial charge in [0.2, 0.25) is 0 Å². The van der Waals surface area contributed by atoms with Gasteiger partial charge in [0.15, 0.2) is 0 Å². The highest BCUT2D eigenvalue weighted by Crippen LogP contribution is 2.37. The van der Waals surface area contributed by atoms with Crippen LogP contribution in [0.4, 0.5) is 0 Å². The monoisotopic (exact) mass is 321 g/mol. The first-order chi connectivity index (χ1) is 11.0. The van der Waals surface area contributed by atoms with Crippen LogP contribution in [0.3, 0.4) is 0 Å². The van der Waals surface area contributed by atoms with E-state index in [2.05, 4.69) is 33.0 Å². The van der Waals surface area contributed by atoms with Gasteiger partial charge in [0.05, 0.1) is 18.4 Å². The molecule has 132 valence electrons. The van der Waals surface area contributed by atoms with Crippen molar-refractivity contribution >= 4 is 0 Å². The maximum atomic E-state index is 5.92. The molecule has 0 aromatic carbocycles. The van der Waals surface area contributed by atoms with Gasteiger partial charge in [-0.1, -0.05) is 20.3 Å². The van der Waals surface area contributed by atoms with Crippen molar-refractivity contribution in [3.63, 3.8) is 0 Å². The fourth-order valence-electron chi connectivity index (χ4n) is 3.76. The Morgan fingerprint density at radius 3 is 2.74 bits per heavy atom. The Labute approximate surface area is 142 Å². The van der Waals surface area contributed by atoms with Crippen molar-refractivity contribution in [3.05, 3.63) is 24.2 Å². The zero-order valence-electron chi connectivity index (χ0n) is 15.4. The van der Waals surface area contributed by atoms with Gasteiger partial charge in [-0.05, 0) is 76.0 Å². The fourth-order valence-corrected chi connectivity index (χ4v) is 3.76. The van der Waals surface area contributed by atoms with Crippen LogP contribution >= 0.6 is 0 Å². The van der Waals surface area contributed by atoms with Crippen LogP contribution in [0.5, 0.6) is 0 Å². The molecule has 0 spiro atoms. The molecule has 2 heterocycles. The number of rotatable bonds is 9. The van der Waals surface area contributed by atoms with Gasteiger partial charge in [-0.3, -0.25) is 0 Å². The highest BCUT2D eigenvalue weighted by molar-refractivity contribution is 4.97. The first kappa shape index (κ1) is 18.5. The molecule has 2 atom stereocenters. The molecule has 0 unspecified atom stereocenters. The van der Waals surface area contributed by atoms with Gasteiger partial charge in [0.25, 0.3) is 0 Å². The van der Waals surface area contributed by atoms with Crippen molar-refractivity contribution in [2.75, 3.05) is 13.2 Å². The van der Waals surface area contributed by atoms with Gasteiger partial charge in [-0.15, -0.1) is 0 Å². The van der Waals surface area contributed by atoms with Crippen molar-refractivity contribution in [2.45, 2.75) is 71.9 Å². The van der Waals surface area contributed by atoms with Crippen LogP contribution in [0.2, 0.25) is 0 Å². The van der Waals surface area contributed by atoms with Crippen molar-refractivity contribution in [3.8, 4) is 0 Å². The average Bonchev–Trinajstić information content (AvgIpc) is 2.98. The van der Waals surface area contributed by atoms with Gasteiger partial charge < -0.3 is 14.5 Å². The summed E-state index contributed by atoms with van der Waals surface area (Å²) in [5.41, 5.74) is 0.0561. The largest absolute Gasteiger partial charge is 0.468 e. The van der Waals surface area contributed by atoms with Gasteiger partial charge >= 0.3 is 0 Å². The Morgan fingerprint density at radius 2 is 2.09 bits per heavy atom. The molecule has 1 saturated heterocycles. The predicted octanol–water partition coefficient (Wildman–Crippen LogP) is 5.02. The number of furan rings is 1. The maximum Gasteiger partial charge on any atom is 0.117 e. The average molecular weight is 322 g/mol. The number of hydrogen-bond acceptors (Lipinski definition) is 3. The fraction of sp³-hybridized carbons (Fsp3) is 0.800. The quantitative estimate of drug-likeness (QED) is 0.649. The van der Waals surface area contributed by atoms with Crippen molar-refractivity contribution in [1.29, 1.82) is 0 Å². The van der Waals surface area contributed by atoms with Gasteiger partial charge in [-0.25, -0.2) is 0 Å². The van der Waals surface area contributed by atoms with E-state index in [1.165, 1.54) is 32.1 Å². The summed E-state index contributed by atoms with van der Waals surface area (Å²) < 4.78 is 11.3. The van der Waals surface area contributed by atoms with E-state index in [4.69, 9.17) is 9.15 Å². The van der Waals surface area contributed by atoms with Gasteiger partial charge in [0.1, 0.15) is 5.76 Å². The normalized spacial score (nSPS) is 22.4. The van der Waals surface area contributed by atoms with E-state index in [1.54, 1.807) is 6.26 Å². The summed E-state index contributed by atoms with van der Waals surface area (Å²) in [6, 6.07) is 3.98. The summed E-state index contributed by atoms with van der Waals surface area (Å²) in [4.78, 5) is 0. The Morgan fingerprint density at radius 1 is 1.26 bits per heavy atom. The summed E-state index contributed by atoms with van der Waals surface area (Å²) in [5.74, 6) is 3.44. The van der Waals surface area contributed by atoms with Crippen molar-refractivity contribution < 1.29 is 9.15 Å². The topological polar surface area (TPSA) is 34.4 Å². The molecule has 1 aliphatic heterocycles.